The van der Waals surface area contributed by atoms with Gasteiger partial charge in [0.2, 0.25) is 0 Å². The first kappa shape index (κ1) is 31.6. The molecule has 2 atom stereocenters. The van der Waals surface area contributed by atoms with E-state index in [1.807, 2.05) is 72.8 Å². The Morgan fingerprint density at radius 1 is 0.651 bits per heavy atom. The van der Waals surface area contributed by atoms with Crippen molar-refractivity contribution in [2.75, 3.05) is 40.6 Å². The van der Waals surface area contributed by atoms with Gasteiger partial charge in [-0.2, -0.15) is 0 Å². The maximum absolute atomic E-state index is 11.9. The molecule has 0 bridgehead atoms. The molecule has 9 heteroatoms. The van der Waals surface area contributed by atoms with Crippen molar-refractivity contribution >= 4 is 45.2 Å². The zero-order valence-corrected chi connectivity index (χ0v) is 25.0. The van der Waals surface area contributed by atoms with E-state index in [2.05, 4.69) is 13.2 Å². The topological polar surface area (TPSA) is 89.5 Å². The molecule has 43 heavy (non-hydrogen) atoms. The molecule has 224 valence electrons. The Bertz CT molecular complexity index is 1570. The van der Waals surface area contributed by atoms with E-state index in [0.717, 1.165) is 43.5 Å². The molecule has 0 fully saturated rings. The van der Waals surface area contributed by atoms with Crippen LogP contribution < -0.4 is 9.47 Å². The van der Waals surface area contributed by atoms with Crippen LogP contribution >= 0.6 is 11.8 Å². The highest BCUT2D eigenvalue weighted by Gasteiger charge is 2.22. The third-order valence-electron chi connectivity index (χ3n) is 6.31. The van der Waals surface area contributed by atoms with Crippen LogP contribution in [-0.4, -0.2) is 64.8 Å². The van der Waals surface area contributed by atoms with Gasteiger partial charge in [-0.15, -0.1) is 0 Å². The molecule has 0 spiro atoms. The third kappa shape index (κ3) is 8.38. The van der Waals surface area contributed by atoms with Crippen molar-refractivity contribution in [1.82, 2.24) is 0 Å². The minimum Gasteiger partial charge on any atom is -0.488 e. The minimum atomic E-state index is -0.656. The number of hydrogen-bond donors (Lipinski definition) is 0. The summed E-state index contributed by atoms with van der Waals surface area (Å²) in [5, 5.41) is 3.19. The highest BCUT2D eigenvalue weighted by Crippen LogP contribution is 2.44. The Hall–Kier alpha value is -4.31. The van der Waals surface area contributed by atoms with E-state index >= 15 is 0 Å². The lowest BCUT2D eigenvalue weighted by Gasteiger charge is -2.22. The molecule has 0 N–H and O–H groups in total. The first-order valence-corrected chi connectivity index (χ1v) is 14.4. The van der Waals surface area contributed by atoms with E-state index in [-0.39, 0.29) is 26.4 Å². The SMILES string of the molecule is C=CC(=O)OC(COC)COc1c2ccccc2c(OCC(COC)OC(=O)C=C)c2cc(Sc3ccccc3)ccc12. The number of carbonyl (C=O) groups is 2. The molecule has 4 rings (SSSR count). The fraction of sp³-hybridized carbons (Fsp3) is 0.235. The molecule has 0 aliphatic heterocycles. The molecule has 8 nitrogen and oxygen atoms in total. The quantitative estimate of drug-likeness (QED) is 0.0822. The fourth-order valence-corrected chi connectivity index (χ4v) is 5.34. The number of fused-ring (bicyclic) bond motifs is 2. The van der Waals surface area contributed by atoms with Gasteiger partial charge in [0, 0.05) is 57.7 Å². The second-order valence-corrected chi connectivity index (χ2v) is 10.5. The van der Waals surface area contributed by atoms with Crippen LogP contribution in [0.3, 0.4) is 0 Å². The average Bonchev–Trinajstić information content (AvgIpc) is 3.02. The molecule has 0 saturated heterocycles. The van der Waals surface area contributed by atoms with Crippen molar-refractivity contribution in [3.63, 3.8) is 0 Å². The number of carbonyl (C=O) groups excluding carboxylic acids is 2. The van der Waals surface area contributed by atoms with Gasteiger partial charge in [0.05, 0.1) is 13.2 Å². The molecule has 4 aromatic carbocycles. The molecule has 2 unspecified atom stereocenters. The van der Waals surface area contributed by atoms with Crippen LogP contribution in [0, 0.1) is 0 Å². The van der Waals surface area contributed by atoms with E-state index < -0.39 is 24.1 Å². The third-order valence-corrected chi connectivity index (χ3v) is 7.30. The molecule has 0 heterocycles. The number of hydrogen-bond acceptors (Lipinski definition) is 9. The van der Waals surface area contributed by atoms with Gasteiger partial charge >= 0.3 is 11.9 Å². The summed E-state index contributed by atoms with van der Waals surface area (Å²) in [6.07, 6.45) is 0.906. The van der Waals surface area contributed by atoms with E-state index in [1.165, 1.54) is 14.2 Å². The highest BCUT2D eigenvalue weighted by molar-refractivity contribution is 7.99. The summed E-state index contributed by atoms with van der Waals surface area (Å²) < 4.78 is 34.2. The zero-order valence-electron chi connectivity index (χ0n) is 24.2. The molecular weight excluding hydrogens is 568 g/mol. The summed E-state index contributed by atoms with van der Waals surface area (Å²) in [5.74, 6) is 0.0927. The van der Waals surface area contributed by atoms with Gasteiger partial charge in [0.1, 0.15) is 24.7 Å². The van der Waals surface area contributed by atoms with Crippen LogP contribution in [0.4, 0.5) is 0 Å². The minimum absolute atomic E-state index is 0.0518. The molecular formula is C34H34O8S. The van der Waals surface area contributed by atoms with Crippen LogP contribution in [0.2, 0.25) is 0 Å². The number of esters is 2. The second-order valence-electron chi connectivity index (χ2n) is 9.39. The normalized spacial score (nSPS) is 12.3. The molecule has 0 amide bonds. The fourth-order valence-electron chi connectivity index (χ4n) is 4.46. The highest BCUT2D eigenvalue weighted by atomic mass is 32.2. The summed E-state index contributed by atoms with van der Waals surface area (Å²) >= 11 is 1.62. The van der Waals surface area contributed by atoms with Gasteiger partial charge < -0.3 is 28.4 Å². The number of methoxy groups -OCH3 is 2. The summed E-state index contributed by atoms with van der Waals surface area (Å²) in [5.41, 5.74) is 0. The number of benzene rings is 4. The zero-order chi connectivity index (χ0) is 30.6. The number of rotatable bonds is 16. The van der Waals surface area contributed by atoms with Crippen LogP contribution in [0.25, 0.3) is 21.5 Å². The molecule has 0 saturated carbocycles. The van der Waals surface area contributed by atoms with Crippen molar-refractivity contribution in [2.45, 2.75) is 22.0 Å². The first-order valence-electron chi connectivity index (χ1n) is 13.6. The van der Waals surface area contributed by atoms with Gasteiger partial charge in [-0.3, -0.25) is 0 Å². The molecule has 0 aromatic heterocycles. The largest absolute Gasteiger partial charge is 0.488 e. The van der Waals surface area contributed by atoms with Crippen molar-refractivity contribution in [3.05, 3.63) is 98.1 Å². The van der Waals surface area contributed by atoms with Crippen LogP contribution in [-0.2, 0) is 28.5 Å². The Morgan fingerprint density at radius 2 is 1.14 bits per heavy atom. The summed E-state index contributed by atoms with van der Waals surface area (Å²) in [6.45, 7) is 7.36. The predicted octanol–water partition coefficient (Wildman–Crippen LogP) is 6.39. The van der Waals surface area contributed by atoms with Gasteiger partial charge in [-0.1, -0.05) is 67.4 Å². The maximum atomic E-state index is 11.9. The Labute approximate surface area is 255 Å². The van der Waals surface area contributed by atoms with Crippen molar-refractivity contribution in [2.24, 2.45) is 0 Å². The van der Waals surface area contributed by atoms with E-state index in [9.17, 15) is 9.59 Å². The molecule has 4 aromatic rings. The summed E-state index contributed by atoms with van der Waals surface area (Å²) in [7, 11) is 3.06. The monoisotopic (exact) mass is 602 g/mol. The summed E-state index contributed by atoms with van der Waals surface area (Å²) in [4.78, 5) is 25.9. The van der Waals surface area contributed by atoms with Gasteiger partial charge in [0.25, 0.3) is 0 Å². The molecule has 0 aliphatic rings. The Kier molecular flexibility index (Phi) is 11.6. The molecule has 0 aliphatic carbocycles. The Morgan fingerprint density at radius 3 is 1.65 bits per heavy atom. The van der Waals surface area contributed by atoms with E-state index in [0.29, 0.717) is 11.5 Å². The maximum Gasteiger partial charge on any atom is 0.330 e. The lowest BCUT2D eigenvalue weighted by molar-refractivity contribution is -0.148. The predicted molar refractivity (Wildman–Crippen MR) is 167 cm³/mol. The van der Waals surface area contributed by atoms with Gasteiger partial charge in [-0.25, -0.2) is 9.59 Å². The average molecular weight is 603 g/mol. The van der Waals surface area contributed by atoms with Crippen LogP contribution in [0.1, 0.15) is 0 Å². The van der Waals surface area contributed by atoms with Crippen molar-refractivity contribution < 1.29 is 38.0 Å². The lowest BCUT2D eigenvalue weighted by Crippen LogP contribution is -2.29. The first-order chi connectivity index (χ1) is 21.0. The van der Waals surface area contributed by atoms with Crippen LogP contribution in [0.5, 0.6) is 11.5 Å². The summed E-state index contributed by atoms with van der Waals surface area (Å²) in [6, 6.07) is 23.8. The van der Waals surface area contributed by atoms with Gasteiger partial charge in [0.15, 0.2) is 12.2 Å². The van der Waals surface area contributed by atoms with E-state index in [1.54, 1.807) is 11.8 Å². The second kappa shape index (κ2) is 15.8. The van der Waals surface area contributed by atoms with Crippen molar-refractivity contribution in [3.8, 4) is 11.5 Å². The Balaban J connectivity index is 1.80. The van der Waals surface area contributed by atoms with Crippen molar-refractivity contribution in [1.29, 1.82) is 0 Å². The standard InChI is InChI=1S/C34H34O8S/c1-5-31(35)41-23(19-37-3)21-39-33-27-14-10-11-15-28(27)34(40-22-24(20-38-4)42-32(36)6-2)30-18-26(16-17-29(30)33)43-25-12-8-7-9-13-25/h5-18,23-24H,1-2,19-22H2,3-4H3. The van der Waals surface area contributed by atoms with E-state index in [4.69, 9.17) is 28.4 Å². The lowest BCUT2D eigenvalue weighted by atomic mass is 10.0. The van der Waals surface area contributed by atoms with Crippen LogP contribution in [0.15, 0.2) is 108 Å². The molecule has 0 radical (unpaired) electrons. The van der Waals surface area contributed by atoms with Gasteiger partial charge in [-0.05, 0) is 30.3 Å². The number of ether oxygens (including phenoxy) is 6. The smallest absolute Gasteiger partial charge is 0.330 e.